The van der Waals surface area contributed by atoms with Gasteiger partial charge in [0.05, 0.1) is 0 Å². The molecule has 0 fully saturated rings. The average molecular weight is 636 g/mol. The number of benzene rings is 1. The first-order valence-corrected chi connectivity index (χ1v) is 13.0. The van der Waals surface area contributed by atoms with Crippen LogP contribution in [-0.4, -0.2) is 49.4 Å². The molecule has 2 aromatic heterocycles. The summed E-state index contributed by atoms with van der Waals surface area (Å²) in [4.78, 5) is 48.5. The summed E-state index contributed by atoms with van der Waals surface area (Å²) in [6, 6.07) is 7.26. The number of fused-ring (bicyclic) bond motifs is 1. The minimum Gasteiger partial charge on any atom is -0.455 e. The van der Waals surface area contributed by atoms with Gasteiger partial charge in [0.1, 0.15) is 27.8 Å². The third-order valence-electron chi connectivity index (χ3n) is 4.74. The molecule has 0 atom stereocenters. The number of carbonyl (C=O) groups is 3. The molecule has 204 valence electrons. The van der Waals surface area contributed by atoms with Crippen LogP contribution in [-0.2, 0) is 14.2 Å². The molecule has 0 aliphatic rings. The van der Waals surface area contributed by atoms with Crippen LogP contribution in [0.1, 0.15) is 93.9 Å². The number of aromatic nitrogens is 3. The summed E-state index contributed by atoms with van der Waals surface area (Å²) in [7, 11) is 0. The Morgan fingerprint density at radius 2 is 1.24 bits per heavy atom. The zero-order valence-corrected chi connectivity index (χ0v) is 25.2. The molecule has 0 amide bonds. The van der Waals surface area contributed by atoms with Crippen LogP contribution in [0, 0.1) is 3.57 Å². The second kappa shape index (κ2) is 10.2. The van der Waals surface area contributed by atoms with E-state index in [4.69, 9.17) is 20.1 Å². The van der Waals surface area contributed by atoms with Gasteiger partial charge in [0, 0.05) is 9.13 Å². The zero-order valence-electron chi connectivity index (χ0n) is 23.1. The van der Waals surface area contributed by atoms with Crippen molar-refractivity contribution in [1.29, 1.82) is 0 Å². The maximum atomic E-state index is 13.4. The van der Waals surface area contributed by atoms with Crippen molar-refractivity contribution in [2.24, 2.45) is 0 Å². The molecule has 11 heteroatoms. The largest absolute Gasteiger partial charge is 0.455 e. The lowest BCUT2D eigenvalue weighted by Gasteiger charge is -2.21. The van der Waals surface area contributed by atoms with Crippen LogP contribution in [0.25, 0.3) is 22.2 Å². The number of nitrogens with two attached hydrogens (primary N) is 1. The Morgan fingerprint density at radius 3 is 1.74 bits per heavy atom. The smallest absolute Gasteiger partial charge is 0.376 e. The number of hydrogen-bond donors (Lipinski definition) is 1. The van der Waals surface area contributed by atoms with Crippen molar-refractivity contribution in [2.45, 2.75) is 79.1 Å². The molecule has 0 aliphatic carbocycles. The van der Waals surface area contributed by atoms with Crippen LogP contribution >= 0.6 is 22.6 Å². The van der Waals surface area contributed by atoms with Crippen molar-refractivity contribution in [3.63, 3.8) is 0 Å². The van der Waals surface area contributed by atoms with E-state index < -0.39 is 34.7 Å². The fourth-order valence-electron chi connectivity index (χ4n) is 3.50. The Kier molecular flexibility index (Phi) is 7.84. The van der Waals surface area contributed by atoms with Gasteiger partial charge in [-0.2, -0.15) is 0 Å². The normalized spacial score (nSPS) is 12.4. The van der Waals surface area contributed by atoms with E-state index in [1.165, 1.54) is 0 Å². The number of halogens is 1. The fraction of sp³-hybridized carbons (Fsp3) is 0.444. The van der Waals surface area contributed by atoms with Crippen LogP contribution < -0.4 is 5.84 Å². The van der Waals surface area contributed by atoms with E-state index in [0.29, 0.717) is 5.56 Å². The fourth-order valence-corrected chi connectivity index (χ4v) is 3.86. The number of nitrogens with zero attached hydrogens (tertiary/aromatic N) is 3. The molecule has 0 spiro atoms. The third-order valence-corrected chi connectivity index (χ3v) is 5.46. The molecule has 0 bridgehead atoms. The highest BCUT2D eigenvalue weighted by Crippen LogP contribution is 2.36. The number of carbonyl (C=O) groups excluding carboxylic acids is 3. The van der Waals surface area contributed by atoms with Gasteiger partial charge in [-0.15, -0.1) is 0 Å². The van der Waals surface area contributed by atoms with E-state index in [1.54, 1.807) is 74.4 Å². The van der Waals surface area contributed by atoms with E-state index in [-0.39, 0.29) is 33.8 Å². The molecular weight excluding hydrogens is 603 g/mol. The van der Waals surface area contributed by atoms with Gasteiger partial charge in [0.15, 0.2) is 11.4 Å². The summed E-state index contributed by atoms with van der Waals surface area (Å²) in [5.41, 5.74) is -1.92. The lowest BCUT2D eigenvalue weighted by atomic mass is 10.0. The van der Waals surface area contributed by atoms with E-state index in [2.05, 4.69) is 32.6 Å². The van der Waals surface area contributed by atoms with Gasteiger partial charge in [0.25, 0.3) is 0 Å². The molecule has 0 radical (unpaired) electrons. The van der Waals surface area contributed by atoms with Crippen molar-refractivity contribution in [1.82, 2.24) is 14.6 Å². The molecule has 10 nitrogen and oxygen atoms in total. The van der Waals surface area contributed by atoms with Gasteiger partial charge in [0.2, 0.25) is 5.82 Å². The molecule has 1 aromatic carbocycles. The predicted molar refractivity (Wildman–Crippen MR) is 151 cm³/mol. The summed E-state index contributed by atoms with van der Waals surface area (Å²) >= 11 is 2.16. The minimum atomic E-state index is -0.876. The van der Waals surface area contributed by atoms with Gasteiger partial charge in [-0.1, -0.05) is 12.1 Å². The quantitative estimate of drug-likeness (QED) is 0.176. The lowest BCUT2D eigenvalue weighted by molar-refractivity contribution is 0.00377. The van der Waals surface area contributed by atoms with Gasteiger partial charge in [-0.3, -0.25) is 4.68 Å². The molecule has 3 rings (SSSR count). The molecule has 0 saturated heterocycles. The summed E-state index contributed by atoms with van der Waals surface area (Å²) in [6.45, 7) is 15.4. The Hall–Kier alpha value is -3.22. The minimum absolute atomic E-state index is 0.0148. The van der Waals surface area contributed by atoms with Crippen molar-refractivity contribution in [3.8, 4) is 11.1 Å². The monoisotopic (exact) mass is 636 g/mol. The van der Waals surface area contributed by atoms with E-state index in [1.807, 2.05) is 12.1 Å². The van der Waals surface area contributed by atoms with Crippen LogP contribution in [0.3, 0.4) is 0 Å². The maximum absolute atomic E-state index is 13.4. The molecule has 0 aliphatic heterocycles. The number of esters is 3. The highest BCUT2D eigenvalue weighted by atomic mass is 127. The second-order valence-corrected chi connectivity index (χ2v) is 12.9. The number of ether oxygens (including phenoxy) is 3. The first kappa shape index (κ1) is 29.3. The summed E-state index contributed by atoms with van der Waals surface area (Å²) in [6.07, 6.45) is 0. The molecule has 0 unspecified atom stereocenters. The summed E-state index contributed by atoms with van der Waals surface area (Å²) in [5.74, 6) is 3.67. The van der Waals surface area contributed by atoms with E-state index in [9.17, 15) is 14.4 Å². The van der Waals surface area contributed by atoms with Crippen molar-refractivity contribution in [2.75, 3.05) is 5.84 Å². The van der Waals surface area contributed by atoms with Gasteiger partial charge in [-0.05, 0) is 103 Å². The van der Waals surface area contributed by atoms with Crippen LogP contribution in [0.15, 0.2) is 24.3 Å². The third kappa shape index (κ3) is 6.80. The Balaban J connectivity index is 2.45. The molecule has 0 saturated carbocycles. The van der Waals surface area contributed by atoms with Crippen LogP contribution in [0.4, 0.5) is 0 Å². The molecule has 3 aromatic rings. The molecule has 2 N–H and O–H groups in total. The molecule has 38 heavy (non-hydrogen) atoms. The van der Waals surface area contributed by atoms with E-state index in [0.717, 1.165) is 8.25 Å². The molecule has 2 heterocycles. The number of hydrogen-bond acceptors (Lipinski definition) is 9. The Morgan fingerprint density at radius 1 is 0.763 bits per heavy atom. The Bertz CT molecular complexity index is 1410. The average Bonchev–Trinajstić information content (AvgIpc) is 3.02. The van der Waals surface area contributed by atoms with Gasteiger partial charge in [-0.25, -0.2) is 24.4 Å². The highest BCUT2D eigenvalue weighted by molar-refractivity contribution is 14.1. The molecular formula is C27H33IN4O6. The van der Waals surface area contributed by atoms with Crippen LogP contribution in [0.2, 0.25) is 0 Å². The standard InChI is InChI=1S/C27H33IN4O6/c1-25(2,3)36-22(33)18-20-17(30-21(31-18)24(35)38-27(7,8)9)16(14-10-12-15(28)13-11-14)19(32(20)29)23(34)37-26(4,5)6/h10-13H,29H2,1-9H3. The Labute approximate surface area is 235 Å². The SMILES string of the molecule is CC(C)(C)OC(=O)c1nc(C(=O)OC(C)(C)C)c2c(n1)c(-c1ccc(I)cc1)c(C(=O)OC(C)(C)C)n2N. The zero-order chi connectivity index (χ0) is 28.8. The first-order chi connectivity index (χ1) is 17.3. The lowest BCUT2D eigenvalue weighted by Crippen LogP contribution is -2.29. The second-order valence-electron chi connectivity index (χ2n) is 11.7. The first-order valence-electron chi connectivity index (χ1n) is 11.9. The maximum Gasteiger partial charge on any atom is 0.376 e. The van der Waals surface area contributed by atoms with Crippen LogP contribution in [0.5, 0.6) is 0 Å². The highest BCUT2D eigenvalue weighted by Gasteiger charge is 2.34. The number of rotatable bonds is 4. The van der Waals surface area contributed by atoms with Crippen molar-refractivity contribution < 1.29 is 28.6 Å². The number of nitrogen functional groups attached to an aromatic ring is 1. The van der Waals surface area contributed by atoms with Gasteiger partial charge < -0.3 is 20.1 Å². The summed E-state index contributed by atoms with van der Waals surface area (Å²) in [5, 5.41) is 0. The van der Waals surface area contributed by atoms with Crippen molar-refractivity contribution >= 4 is 51.5 Å². The van der Waals surface area contributed by atoms with Gasteiger partial charge >= 0.3 is 17.9 Å². The van der Waals surface area contributed by atoms with Crippen molar-refractivity contribution in [3.05, 3.63) is 45.0 Å². The summed E-state index contributed by atoms with van der Waals surface area (Å²) < 4.78 is 18.7. The predicted octanol–water partition coefficient (Wildman–Crippen LogP) is 5.28. The van der Waals surface area contributed by atoms with E-state index >= 15 is 0 Å². The topological polar surface area (TPSA) is 136 Å².